The topological polar surface area (TPSA) is 92.7 Å². The Morgan fingerprint density at radius 1 is 1.50 bits per heavy atom. The van der Waals surface area contributed by atoms with Gasteiger partial charge in [-0.3, -0.25) is 13.8 Å². The van der Waals surface area contributed by atoms with Crippen LogP contribution in [-0.4, -0.2) is 52.5 Å². The van der Waals surface area contributed by atoms with E-state index in [1.165, 1.54) is 7.11 Å². The van der Waals surface area contributed by atoms with Crippen LogP contribution < -0.4 is 5.32 Å². The lowest BCUT2D eigenvalue weighted by Gasteiger charge is -2.12. The van der Waals surface area contributed by atoms with Crippen LogP contribution in [0.2, 0.25) is 0 Å². The summed E-state index contributed by atoms with van der Waals surface area (Å²) < 4.78 is 16.1. The Hall–Kier alpha value is -0.950. The highest BCUT2D eigenvalue weighted by Crippen LogP contribution is 1.90. The van der Waals surface area contributed by atoms with Gasteiger partial charge in [-0.2, -0.15) is 0 Å². The molecular formula is C9H17NO5S. The van der Waals surface area contributed by atoms with Crippen molar-refractivity contribution in [3.05, 3.63) is 0 Å². The van der Waals surface area contributed by atoms with E-state index in [-0.39, 0.29) is 29.9 Å². The molecule has 0 saturated heterocycles. The van der Waals surface area contributed by atoms with Gasteiger partial charge in [-0.15, -0.1) is 0 Å². The van der Waals surface area contributed by atoms with Crippen LogP contribution in [0.1, 0.15) is 13.3 Å². The van der Waals surface area contributed by atoms with Crippen molar-refractivity contribution in [2.75, 3.05) is 25.2 Å². The van der Waals surface area contributed by atoms with Crippen LogP contribution in [0.5, 0.6) is 0 Å². The third-order valence-corrected chi connectivity index (χ3v) is 2.90. The first-order valence-electron chi connectivity index (χ1n) is 4.80. The lowest BCUT2D eigenvalue weighted by Crippen LogP contribution is -2.38. The first-order chi connectivity index (χ1) is 7.45. The van der Waals surface area contributed by atoms with Gasteiger partial charge in [0.05, 0.1) is 13.0 Å². The summed E-state index contributed by atoms with van der Waals surface area (Å²) in [5.41, 5.74) is 0. The van der Waals surface area contributed by atoms with Gasteiger partial charge in [-0.1, -0.05) is 0 Å². The van der Waals surface area contributed by atoms with E-state index >= 15 is 0 Å². The van der Waals surface area contributed by atoms with Crippen LogP contribution in [-0.2, 0) is 25.1 Å². The lowest BCUT2D eigenvalue weighted by atomic mass is 10.3. The third kappa shape index (κ3) is 8.37. The van der Waals surface area contributed by atoms with Gasteiger partial charge in [-0.05, 0) is 6.92 Å². The van der Waals surface area contributed by atoms with Gasteiger partial charge in [0.1, 0.15) is 5.75 Å². The van der Waals surface area contributed by atoms with E-state index in [0.29, 0.717) is 6.61 Å². The number of rotatable bonds is 8. The van der Waals surface area contributed by atoms with Crippen molar-refractivity contribution < 1.29 is 23.6 Å². The van der Waals surface area contributed by atoms with Gasteiger partial charge >= 0.3 is 5.97 Å². The smallest absolute Gasteiger partial charge is 0.304 e. The largest absolute Gasteiger partial charge is 0.481 e. The number of hydrogen-bond donors (Lipinski definition) is 2. The molecule has 0 aliphatic heterocycles. The van der Waals surface area contributed by atoms with E-state index in [2.05, 4.69) is 5.32 Å². The SMILES string of the molecule is COCC(C)NC(=O)CS(=O)CCC(=O)O. The van der Waals surface area contributed by atoms with Gasteiger partial charge in [0.2, 0.25) is 5.91 Å². The molecule has 0 aromatic heterocycles. The quantitative estimate of drug-likeness (QED) is 0.598. The standard InChI is InChI=1S/C9H17NO5S/c1-7(5-15-2)10-8(11)6-16(14)4-3-9(12)13/h7H,3-6H2,1-2H3,(H,10,11)(H,12,13). The van der Waals surface area contributed by atoms with Crippen LogP contribution in [0.3, 0.4) is 0 Å². The number of carbonyl (C=O) groups is 2. The van der Waals surface area contributed by atoms with Crippen LogP contribution in [0.4, 0.5) is 0 Å². The summed E-state index contributed by atoms with van der Waals surface area (Å²) in [5, 5.41) is 11.0. The Morgan fingerprint density at radius 3 is 2.62 bits per heavy atom. The summed E-state index contributed by atoms with van der Waals surface area (Å²) in [5.74, 6) is -1.53. The fourth-order valence-corrected chi connectivity index (χ4v) is 1.95. The number of carbonyl (C=O) groups excluding carboxylic acids is 1. The molecule has 94 valence electrons. The molecule has 0 aliphatic carbocycles. The highest BCUT2D eigenvalue weighted by Gasteiger charge is 2.11. The summed E-state index contributed by atoms with van der Waals surface area (Å²) in [6.07, 6.45) is -0.187. The molecule has 0 heterocycles. The summed E-state index contributed by atoms with van der Waals surface area (Å²) in [6.45, 7) is 2.15. The minimum absolute atomic E-state index is 0.00140. The average Bonchev–Trinajstić information content (AvgIpc) is 2.14. The Bertz CT molecular complexity index is 269. The Kier molecular flexibility index (Phi) is 7.74. The maximum absolute atomic E-state index is 11.3. The van der Waals surface area contributed by atoms with E-state index in [0.717, 1.165) is 0 Å². The molecule has 0 rings (SSSR count). The van der Waals surface area contributed by atoms with Crippen molar-refractivity contribution >= 4 is 22.7 Å². The molecule has 0 radical (unpaired) electrons. The van der Waals surface area contributed by atoms with Crippen molar-refractivity contribution in [2.45, 2.75) is 19.4 Å². The number of carboxylic acid groups (broad SMARTS) is 1. The van der Waals surface area contributed by atoms with E-state index < -0.39 is 16.8 Å². The van der Waals surface area contributed by atoms with Gasteiger partial charge in [-0.25, -0.2) is 0 Å². The van der Waals surface area contributed by atoms with Crippen molar-refractivity contribution in [2.24, 2.45) is 0 Å². The second-order valence-corrected chi connectivity index (χ2v) is 4.93. The third-order valence-electron chi connectivity index (χ3n) is 1.66. The molecule has 0 fully saturated rings. The number of amides is 1. The summed E-state index contributed by atoms with van der Waals surface area (Å²) in [7, 11) is 0.0968. The predicted molar refractivity (Wildman–Crippen MR) is 59.6 cm³/mol. The molecule has 0 aliphatic rings. The summed E-state index contributed by atoms with van der Waals surface area (Å²) in [6, 6.07) is -0.144. The zero-order valence-electron chi connectivity index (χ0n) is 9.39. The fourth-order valence-electron chi connectivity index (χ4n) is 1.03. The number of hydrogen-bond acceptors (Lipinski definition) is 4. The van der Waals surface area contributed by atoms with E-state index in [1.54, 1.807) is 6.92 Å². The highest BCUT2D eigenvalue weighted by atomic mass is 32.2. The second-order valence-electron chi connectivity index (χ2n) is 3.36. The molecule has 2 N–H and O–H groups in total. The first kappa shape index (κ1) is 15.0. The van der Waals surface area contributed by atoms with Crippen molar-refractivity contribution in [1.82, 2.24) is 5.32 Å². The molecule has 0 aromatic carbocycles. The minimum atomic E-state index is -1.42. The highest BCUT2D eigenvalue weighted by molar-refractivity contribution is 7.85. The van der Waals surface area contributed by atoms with E-state index in [9.17, 15) is 13.8 Å². The number of methoxy groups -OCH3 is 1. The fraction of sp³-hybridized carbons (Fsp3) is 0.778. The summed E-state index contributed by atoms with van der Waals surface area (Å²) in [4.78, 5) is 21.5. The molecule has 16 heavy (non-hydrogen) atoms. The Balaban J connectivity index is 3.78. The van der Waals surface area contributed by atoms with Crippen LogP contribution in [0, 0.1) is 0 Å². The second kappa shape index (κ2) is 8.23. The molecule has 0 bridgehead atoms. The van der Waals surface area contributed by atoms with Crippen molar-refractivity contribution in [3.63, 3.8) is 0 Å². The maximum atomic E-state index is 11.3. The Morgan fingerprint density at radius 2 is 2.12 bits per heavy atom. The molecule has 0 spiro atoms. The predicted octanol–water partition coefficient (Wildman–Crippen LogP) is -0.639. The summed E-state index contributed by atoms with van der Waals surface area (Å²) >= 11 is 0. The maximum Gasteiger partial charge on any atom is 0.304 e. The van der Waals surface area contributed by atoms with Crippen LogP contribution in [0.25, 0.3) is 0 Å². The molecule has 2 unspecified atom stereocenters. The first-order valence-corrected chi connectivity index (χ1v) is 6.29. The number of nitrogens with one attached hydrogen (secondary N) is 1. The number of ether oxygens (including phenoxy) is 1. The van der Waals surface area contributed by atoms with Crippen LogP contribution in [0.15, 0.2) is 0 Å². The van der Waals surface area contributed by atoms with E-state index in [1.807, 2.05) is 0 Å². The molecule has 1 amide bonds. The molecule has 0 saturated carbocycles. The zero-order valence-corrected chi connectivity index (χ0v) is 10.2. The monoisotopic (exact) mass is 251 g/mol. The van der Waals surface area contributed by atoms with Gasteiger partial charge < -0.3 is 15.2 Å². The number of aliphatic carboxylic acids is 1. The van der Waals surface area contributed by atoms with Crippen LogP contribution >= 0.6 is 0 Å². The van der Waals surface area contributed by atoms with Gasteiger partial charge in [0, 0.05) is 29.7 Å². The zero-order chi connectivity index (χ0) is 12.6. The van der Waals surface area contributed by atoms with Crippen molar-refractivity contribution in [1.29, 1.82) is 0 Å². The average molecular weight is 251 g/mol. The lowest BCUT2D eigenvalue weighted by molar-refractivity contribution is -0.136. The molecule has 2 atom stereocenters. The van der Waals surface area contributed by atoms with Gasteiger partial charge in [0.15, 0.2) is 0 Å². The Labute approximate surface area is 96.8 Å². The normalized spacial score (nSPS) is 14.1. The molecule has 0 aromatic rings. The molecule has 6 nitrogen and oxygen atoms in total. The molecule has 7 heteroatoms. The number of carboxylic acids is 1. The van der Waals surface area contributed by atoms with E-state index in [4.69, 9.17) is 9.84 Å². The molecular weight excluding hydrogens is 234 g/mol. The van der Waals surface area contributed by atoms with Gasteiger partial charge in [0.25, 0.3) is 0 Å². The minimum Gasteiger partial charge on any atom is -0.481 e. The van der Waals surface area contributed by atoms with Crippen molar-refractivity contribution in [3.8, 4) is 0 Å².